The topological polar surface area (TPSA) is 129 Å². The fourth-order valence-corrected chi connectivity index (χ4v) is 3.72. The van der Waals surface area contributed by atoms with Crippen LogP contribution in [-0.4, -0.2) is 68.6 Å². The van der Waals surface area contributed by atoms with E-state index in [4.69, 9.17) is 14.2 Å². The van der Waals surface area contributed by atoms with Crippen molar-refractivity contribution in [1.82, 2.24) is 0 Å². The van der Waals surface area contributed by atoms with Gasteiger partial charge in [-0.05, 0) is 43.9 Å². The molecule has 1 fully saturated rings. The number of rotatable bonds is 4. The van der Waals surface area contributed by atoms with E-state index in [1.165, 1.54) is 0 Å². The average molecular weight is 384 g/mol. The van der Waals surface area contributed by atoms with Gasteiger partial charge in [0.05, 0.1) is 13.2 Å². The molecule has 1 unspecified atom stereocenters. The summed E-state index contributed by atoms with van der Waals surface area (Å²) in [5.41, 5.74) is 3.32. The Morgan fingerprint density at radius 2 is 1.81 bits per heavy atom. The van der Waals surface area contributed by atoms with Crippen LogP contribution in [0.25, 0.3) is 0 Å². The molecule has 1 aromatic rings. The van der Waals surface area contributed by atoms with Crippen molar-refractivity contribution in [2.45, 2.75) is 70.4 Å². The van der Waals surface area contributed by atoms with E-state index >= 15 is 0 Å². The van der Waals surface area contributed by atoms with Crippen LogP contribution in [0.5, 0.6) is 11.5 Å². The molecule has 0 aromatic heterocycles. The van der Waals surface area contributed by atoms with Crippen LogP contribution in [0.3, 0.4) is 0 Å². The number of aliphatic hydroxyl groups excluding tert-OH is 3. The minimum Gasteiger partial charge on any atom is -0.507 e. The molecule has 152 valence electrons. The van der Waals surface area contributed by atoms with E-state index in [1.54, 1.807) is 6.92 Å². The Balaban J connectivity index is 1.75. The lowest BCUT2D eigenvalue weighted by atomic mass is 9.91. The first-order chi connectivity index (χ1) is 12.5. The van der Waals surface area contributed by atoms with Gasteiger partial charge in [-0.2, -0.15) is 0 Å². The number of aliphatic hydroxyl groups is 4. The summed E-state index contributed by atoms with van der Waals surface area (Å²) < 4.78 is 17.2. The van der Waals surface area contributed by atoms with Crippen molar-refractivity contribution >= 4 is 0 Å². The molecule has 1 saturated heterocycles. The van der Waals surface area contributed by atoms with E-state index in [2.05, 4.69) is 0 Å². The van der Waals surface area contributed by atoms with Gasteiger partial charge in [0.1, 0.15) is 29.8 Å². The van der Waals surface area contributed by atoms with E-state index in [-0.39, 0.29) is 12.4 Å². The van der Waals surface area contributed by atoms with Crippen LogP contribution in [0.2, 0.25) is 0 Å². The standard InChI is InChI=1S/C19H28O8/c1-9-10(2)16-12(11(3)14(9)21)5-6-18(4,27-16)25-7-13-15(22)17(23)19(24,8-20)26-13/h13,15,17,20-24H,5-8H2,1-4H3/t13-,15-,17+,18?,19-/m1/s1. The maximum Gasteiger partial charge on any atom is 0.219 e. The van der Waals surface area contributed by atoms with Gasteiger partial charge in [0, 0.05) is 18.9 Å². The minimum absolute atomic E-state index is 0.137. The van der Waals surface area contributed by atoms with Gasteiger partial charge in [0.2, 0.25) is 11.6 Å². The zero-order valence-electron chi connectivity index (χ0n) is 16.0. The van der Waals surface area contributed by atoms with Gasteiger partial charge in [0.25, 0.3) is 0 Å². The molecule has 0 aliphatic carbocycles. The molecule has 2 aliphatic heterocycles. The van der Waals surface area contributed by atoms with E-state index in [9.17, 15) is 25.5 Å². The molecule has 0 saturated carbocycles. The molecule has 0 spiro atoms. The van der Waals surface area contributed by atoms with Gasteiger partial charge in [-0.15, -0.1) is 0 Å². The van der Waals surface area contributed by atoms with Gasteiger partial charge in [-0.25, -0.2) is 0 Å². The predicted molar refractivity (Wildman–Crippen MR) is 94.5 cm³/mol. The smallest absolute Gasteiger partial charge is 0.219 e. The molecule has 2 heterocycles. The molecule has 2 aliphatic rings. The summed E-state index contributed by atoms with van der Waals surface area (Å²) in [6.45, 7) is 6.34. The van der Waals surface area contributed by atoms with Crippen molar-refractivity contribution in [1.29, 1.82) is 0 Å². The Bertz CT molecular complexity index is 735. The molecule has 0 radical (unpaired) electrons. The van der Waals surface area contributed by atoms with Crippen molar-refractivity contribution in [2.75, 3.05) is 13.2 Å². The zero-order valence-corrected chi connectivity index (χ0v) is 16.0. The molecular formula is C19H28O8. The Morgan fingerprint density at radius 1 is 1.15 bits per heavy atom. The second-order valence-electron chi connectivity index (χ2n) is 7.67. The van der Waals surface area contributed by atoms with Crippen LogP contribution in [0.15, 0.2) is 0 Å². The molecular weight excluding hydrogens is 356 g/mol. The lowest BCUT2D eigenvalue weighted by Crippen LogP contribution is -2.46. The first kappa shape index (κ1) is 20.3. The predicted octanol–water partition coefficient (Wildman–Crippen LogP) is 0.177. The van der Waals surface area contributed by atoms with Gasteiger partial charge >= 0.3 is 0 Å². The summed E-state index contributed by atoms with van der Waals surface area (Å²) in [6.07, 6.45) is -2.89. The van der Waals surface area contributed by atoms with Crippen LogP contribution in [0, 0.1) is 20.8 Å². The summed E-state index contributed by atoms with van der Waals surface area (Å²) in [6, 6.07) is 0. The average Bonchev–Trinajstić information content (AvgIpc) is 2.87. The van der Waals surface area contributed by atoms with Crippen molar-refractivity contribution in [3.05, 3.63) is 22.3 Å². The van der Waals surface area contributed by atoms with Crippen LogP contribution >= 0.6 is 0 Å². The summed E-state index contributed by atoms with van der Waals surface area (Å²) in [7, 11) is 0. The summed E-state index contributed by atoms with van der Waals surface area (Å²) >= 11 is 0. The Hall–Kier alpha value is -1.42. The lowest BCUT2D eigenvalue weighted by molar-refractivity contribution is -0.260. The minimum atomic E-state index is -2.21. The second kappa shape index (κ2) is 6.88. The van der Waals surface area contributed by atoms with Crippen molar-refractivity contribution in [3.8, 4) is 11.5 Å². The number of ether oxygens (including phenoxy) is 3. The SMILES string of the molecule is Cc1c(C)c2c(c(C)c1O)CCC(C)(OC[C@H]1O[C@](O)(CO)[C@@H](O)[C@@H]1O)O2. The molecule has 8 heteroatoms. The van der Waals surface area contributed by atoms with Crippen molar-refractivity contribution in [3.63, 3.8) is 0 Å². The highest BCUT2D eigenvalue weighted by Crippen LogP contribution is 2.43. The normalized spacial score (nSPS) is 35.8. The molecule has 1 aromatic carbocycles. The third-order valence-electron chi connectivity index (χ3n) is 5.79. The number of phenolic OH excluding ortho intramolecular Hbond substituents is 1. The monoisotopic (exact) mass is 384 g/mol. The lowest BCUT2D eigenvalue weighted by Gasteiger charge is -2.38. The number of aromatic hydroxyl groups is 1. The Labute approximate surface area is 157 Å². The van der Waals surface area contributed by atoms with Gasteiger partial charge < -0.3 is 39.7 Å². The third-order valence-corrected chi connectivity index (χ3v) is 5.79. The van der Waals surface area contributed by atoms with E-state index in [0.717, 1.165) is 22.3 Å². The first-order valence-corrected chi connectivity index (χ1v) is 9.04. The number of fused-ring (bicyclic) bond motifs is 1. The highest BCUT2D eigenvalue weighted by atomic mass is 16.7. The molecule has 5 N–H and O–H groups in total. The van der Waals surface area contributed by atoms with Crippen molar-refractivity contribution < 1.29 is 39.7 Å². The molecule has 5 atom stereocenters. The molecule has 0 amide bonds. The summed E-state index contributed by atoms with van der Waals surface area (Å²) in [5, 5.41) is 49.3. The highest BCUT2D eigenvalue weighted by Gasteiger charge is 2.53. The zero-order chi connectivity index (χ0) is 20.1. The van der Waals surface area contributed by atoms with Crippen LogP contribution in [0.4, 0.5) is 0 Å². The second-order valence-corrected chi connectivity index (χ2v) is 7.67. The number of hydrogen-bond acceptors (Lipinski definition) is 8. The van der Waals surface area contributed by atoms with Gasteiger partial charge in [-0.3, -0.25) is 0 Å². The van der Waals surface area contributed by atoms with E-state index in [1.807, 2.05) is 20.8 Å². The Kier molecular flexibility index (Phi) is 5.17. The maximum absolute atomic E-state index is 10.2. The third kappa shape index (κ3) is 3.30. The number of hydrogen-bond donors (Lipinski definition) is 5. The number of benzene rings is 1. The molecule has 8 nitrogen and oxygen atoms in total. The van der Waals surface area contributed by atoms with Gasteiger partial charge in [0.15, 0.2) is 0 Å². The molecule has 3 rings (SSSR count). The van der Waals surface area contributed by atoms with E-state index in [0.29, 0.717) is 18.6 Å². The summed E-state index contributed by atoms with van der Waals surface area (Å²) in [4.78, 5) is 0. The fraction of sp³-hybridized carbons (Fsp3) is 0.684. The van der Waals surface area contributed by atoms with Crippen LogP contribution in [-0.2, 0) is 15.9 Å². The quantitative estimate of drug-likeness (QED) is 0.497. The number of phenols is 1. The maximum atomic E-state index is 10.2. The highest BCUT2D eigenvalue weighted by molar-refractivity contribution is 5.58. The first-order valence-electron chi connectivity index (χ1n) is 9.04. The fourth-order valence-electron chi connectivity index (χ4n) is 3.72. The van der Waals surface area contributed by atoms with Crippen molar-refractivity contribution in [2.24, 2.45) is 0 Å². The Morgan fingerprint density at radius 3 is 2.41 bits per heavy atom. The van der Waals surface area contributed by atoms with E-state index < -0.39 is 36.5 Å². The van der Waals surface area contributed by atoms with Crippen LogP contribution < -0.4 is 4.74 Å². The van der Waals surface area contributed by atoms with Crippen LogP contribution in [0.1, 0.15) is 35.6 Å². The summed E-state index contributed by atoms with van der Waals surface area (Å²) in [5.74, 6) is -2.26. The molecule has 0 bridgehead atoms. The largest absolute Gasteiger partial charge is 0.507 e. The molecule has 27 heavy (non-hydrogen) atoms. The van der Waals surface area contributed by atoms with Gasteiger partial charge in [-0.1, -0.05) is 0 Å².